The molecule has 0 radical (unpaired) electrons. The lowest BCUT2D eigenvalue weighted by Crippen LogP contribution is -2.08. The van der Waals surface area contributed by atoms with E-state index < -0.39 is 11.9 Å². The number of aromatic amines is 2. The van der Waals surface area contributed by atoms with Crippen LogP contribution < -0.4 is 0 Å². The zero-order chi connectivity index (χ0) is 13.4. The zero-order valence-electron chi connectivity index (χ0n) is 10.3. The Labute approximate surface area is 109 Å². The number of carboxylic acids is 1. The number of para-hydroxylation sites is 1. The average molecular weight is 255 g/mol. The monoisotopic (exact) mass is 255 g/mol. The Bertz CT molecular complexity index is 742. The molecule has 5 nitrogen and oxygen atoms in total. The summed E-state index contributed by atoms with van der Waals surface area (Å²) < 4.78 is 0. The number of aliphatic carboxylic acids is 1. The normalized spacial score (nSPS) is 12.7. The number of rotatable bonds is 3. The highest BCUT2D eigenvalue weighted by Crippen LogP contribution is 2.28. The van der Waals surface area contributed by atoms with Crippen molar-refractivity contribution in [1.29, 1.82) is 0 Å². The van der Waals surface area contributed by atoms with Crippen LogP contribution in [0.4, 0.5) is 0 Å². The van der Waals surface area contributed by atoms with Gasteiger partial charge in [-0.25, -0.2) is 4.98 Å². The number of aromatic nitrogens is 3. The van der Waals surface area contributed by atoms with Gasteiger partial charge in [0.1, 0.15) is 11.7 Å². The van der Waals surface area contributed by atoms with Gasteiger partial charge < -0.3 is 15.1 Å². The van der Waals surface area contributed by atoms with Gasteiger partial charge in [0, 0.05) is 22.7 Å². The first-order valence-electron chi connectivity index (χ1n) is 6.01. The molecule has 0 amide bonds. The van der Waals surface area contributed by atoms with E-state index in [0.717, 1.165) is 22.2 Å². The third kappa shape index (κ3) is 1.89. The maximum absolute atomic E-state index is 10.9. The van der Waals surface area contributed by atoms with E-state index in [4.69, 9.17) is 5.11 Å². The maximum Gasteiger partial charge on any atom is 0.313 e. The minimum Gasteiger partial charge on any atom is -0.481 e. The van der Waals surface area contributed by atoms with E-state index in [0.29, 0.717) is 5.82 Å². The van der Waals surface area contributed by atoms with Crippen molar-refractivity contribution in [3.63, 3.8) is 0 Å². The summed E-state index contributed by atoms with van der Waals surface area (Å²) in [5.41, 5.74) is 2.85. The molecular weight excluding hydrogens is 242 g/mol. The standard InChI is InChI=1S/C14H13N3O2/c1-8(14(18)19)13-16-7-12(17-13)10-6-15-11-5-3-2-4-9(10)11/h2-8,15H,1H3,(H,16,17)(H,18,19). The molecule has 3 aromatic rings. The highest BCUT2D eigenvalue weighted by atomic mass is 16.4. The minimum atomic E-state index is -0.889. The van der Waals surface area contributed by atoms with Crippen molar-refractivity contribution in [2.75, 3.05) is 0 Å². The number of nitrogens with zero attached hydrogens (tertiary/aromatic N) is 1. The summed E-state index contributed by atoms with van der Waals surface area (Å²) in [6, 6.07) is 7.95. The molecule has 1 atom stereocenters. The van der Waals surface area contributed by atoms with Crippen molar-refractivity contribution in [2.24, 2.45) is 0 Å². The molecule has 5 heteroatoms. The number of fused-ring (bicyclic) bond motifs is 1. The molecule has 2 heterocycles. The van der Waals surface area contributed by atoms with Crippen LogP contribution in [0.25, 0.3) is 22.2 Å². The van der Waals surface area contributed by atoms with Crippen molar-refractivity contribution in [3.05, 3.63) is 42.5 Å². The molecule has 0 saturated heterocycles. The zero-order valence-corrected chi connectivity index (χ0v) is 10.3. The van der Waals surface area contributed by atoms with Gasteiger partial charge in [-0.2, -0.15) is 0 Å². The van der Waals surface area contributed by atoms with Crippen molar-refractivity contribution < 1.29 is 9.90 Å². The van der Waals surface area contributed by atoms with E-state index in [1.165, 1.54) is 0 Å². The lowest BCUT2D eigenvalue weighted by molar-refractivity contribution is -0.138. The lowest BCUT2D eigenvalue weighted by atomic mass is 10.1. The van der Waals surface area contributed by atoms with E-state index >= 15 is 0 Å². The van der Waals surface area contributed by atoms with Gasteiger partial charge in [-0.15, -0.1) is 0 Å². The lowest BCUT2D eigenvalue weighted by Gasteiger charge is -2.00. The Hall–Kier alpha value is -2.56. The van der Waals surface area contributed by atoms with Gasteiger partial charge in [0.2, 0.25) is 0 Å². The SMILES string of the molecule is CC(C(=O)O)c1ncc(-c2c[nH]c3ccccc23)[nH]1. The van der Waals surface area contributed by atoms with Crippen LogP contribution in [-0.4, -0.2) is 26.0 Å². The third-order valence-electron chi connectivity index (χ3n) is 3.26. The van der Waals surface area contributed by atoms with Crippen molar-refractivity contribution in [2.45, 2.75) is 12.8 Å². The number of imidazole rings is 1. The quantitative estimate of drug-likeness (QED) is 0.673. The molecular formula is C14H13N3O2. The fourth-order valence-electron chi connectivity index (χ4n) is 2.10. The van der Waals surface area contributed by atoms with Gasteiger partial charge >= 0.3 is 5.97 Å². The molecule has 19 heavy (non-hydrogen) atoms. The number of carboxylic acid groups (broad SMARTS) is 1. The van der Waals surface area contributed by atoms with Crippen LogP contribution in [0.15, 0.2) is 36.7 Å². The molecule has 0 aliphatic rings. The summed E-state index contributed by atoms with van der Waals surface area (Å²) in [4.78, 5) is 21.4. The van der Waals surface area contributed by atoms with Crippen LogP contribution in [0, 0.1) is 0 Å². The van der Waals surface area contributed by atoms with Crippen molar-refractivity contribution in [1.82, 2.24) is 15.0 Å². The number of hydrogen-bond donors (Lipinski definition) is 3. The van der Waals surface area contributed by atoms with Gasteiger partial charge in [-0.1, -0.05) is 18.2 Å². The Morgan fingerprint density at radius 1 is 1.37 bits per heavy atom. The second kappa shape index (κ2) is 4.28. The van der Waals surface area contributed by atoms with Crippen molar-refractivity contribution in [3.8, 4) is 11.3 Å². The van der Waals surface area contributed by atoms with E-state index in [9.17, 15) is 4.79 Å². The van der Waals surface area contributed by atoms with Crippen LogP contribution in [-0.2, 0) is 4.79 Å². The highest BCUT2D eigenvalue weighted by molar-refractivity contribution is 5.94. The smallest absolute Gasteiger partial charge is 0.313 e. The molecule has 3 N–H and O–H groups in total. The van der Waals surface area contributed by atoms with E-state index in [1.807, 2.05) is 30.5 Å². The molecule has 0 bridgehead atoms. The Morgan fingerprint density at radius 3 is 2.95 bits per heavy atom. The van der Waals surface area contributed by atoms with Crippen molar-refractivity contribution >= 4 is 16.9 Å². The fourth-order valence-corrected chi connectivity index (χ4v) is 2.10. The molecule has 0 aliphatic heterocycles. The van der Waals surface area contributed by atoms with Gasteiger partial charge in [0.05, 0.1) is 11.9 Å². The first kappa shape index (κ1) is 11.5. The van der Waals surface area contributed by atoms with E-state index in [-0.39, 0.29) is 0 Å². The summed E-state index contributed by atoms with van der Waals surface area (Å²) in [5.74, 6) is -1.06. The second-order valence-corrected chi connectivity index (χ2v) is 4.49. The maximum atomic E-state index is 10.9. The van der Waals surface area contributed by atoms with Gasteiger partial charge in [-0.05, 0) is 13.0 Å². The third-order valence-corrected chi connectivity index (χ3v) is 3.26. The molecule has 0 saturated carbocycles. The predicted molar refractivity (Wildman–Crippen MR) is 71.9 cm³/mol. The first-order chi connectivity index (χ1) is 9.16. The summed E-state index contributed by atoms with van der Waals surface area (Å²) >= 11 is 0. The summed E-state index contributed by atoms with van der Waals surface area (Å²) in [6.45, 7) is 1.61. The minimum absolute atomic E-state index is 0.466. The topological polar surface area (TPSA) is 81.8 Å². The largest absolute Gasteiger partial charge is 0.481 e. The number of H-pyrrole nitrogens is 2. The summed E-state index contributed by atoms with van der Waals surface area (Å²) in [6.07, 6.45) is 3.57. The molecule has 3 rings (SSSR count). The van der Waals surface area contributed by atoms with E-state index in [2.05, 4.69) is 15.0 Å². The van der Waals surface area contributed by atoms with Crippen LogP contribution in [0.1, 0.15) is 18.7 Å². The van der Waals surface area contributed by atoms with Gasteiger partial charge in [-0.3, -0.25) is 4.79 Å². The van der Waals surface area contributed by atoms with Crippen LogP contribution in [0.3, 0.4) is 0 Å². The predicted octanol–water partition coefficient (Wildman–Crippen LogP) is 2.75. The fraction of sp³-hybridized carbons (Fsp3) is 0.143. The number of carbonyl (C=O) groups is 1. The van der Waals surface area contributed by atoms with Crippen LogP contribution in [0.5, 0.6) is 0 Å². The number of nitrogens with one attached hydrogen (secondary N) is 2. The van der Waals surface area contributed by atoms with E-state index in [1.54, 1.807) is 13.1 Å². The molecule has 2 aromatic heterocycles. The first-order valence-corrected chi connectivity index (χ1v) is 6.01. The molecule has 0 aliphatic carbocycles. The average Bonchev–Trinajstić information content (AvgIpc) is 3.03. The van der Waals surface area contributed by atoms with Gasteiger partial charge in [0.15, 0.2) is 0 Å². The van der Waals surface area contributed by atoms with Crippen LogP contribution >= 0.6 is 0 Å². The molecule has 0 fully saturated rings. The Kier molecular flexibility index (Phi) is 2.59. The molecule has 96 valence electrons. The summed E-state index contributed by atoms with van der Waals surface area (Å²) in [7, 11) is 0. The number of benzene rings is 1. The highest BCUT2D eigenvalue weighted by Gasteiger charge is 2.18. The van der Waals surface area contributed by atoms with Gasteiger partial charge in [0.25, 0.3) is 0 Å². The number of hydrogen-bond acceptors (Lipinski definition) is 2. The summed E-state index contributed by atoms with van der Waals surface area (Å²) in [5, 5.41) is 10.1. The Morgan fingerprint density at radius 2 is 2.16 bits per heavy atom. The molecule has 1 aromatic carbocycles. The molecule has 0 spiro atoms. The molecule has 1 unspecified atom stereocenters. The second-order valence-electron chi connectivity index (χ2n) is 4.49. The Balaban J connectivity index is 2.05. The van der Waals surface area contributed by atoms with Crippen LogP contribution in [0.2, 0.25) is 0 Å².